The van der Waals surface area contributed by atoms with Crippen LogP contribution in [-0.4, -0.2) is 19.8 Å². The van der Waals surface area contributed by atoms with Crippen molar-refractivity contribution in [1.29, 1.82) is 0 Å². The van der Waals surface area contributed by atoms with Gasteiger partial charge in [0.1, 0.15) is 0 Å². The molecule has 0 spiro atoms. The summed E-state index contributed by atoms with van der Waals surface area (Å²) in [4.78, 5) is 0. The lowest BCUT2D eigenvalue weighted by Gasteiger charge is -2.13. The Balaban J connectivity index is 2.82. The molecule has 0 radical (unpaired) electrons. The molecule has 1 aromatic rings. The number of aliphatic hydroxyl groups excluding tert-OH is 1. The molecule has 0 bridgehead atoms. The molecular formula is C11H17NO3S. The van der Waals surface area contributed by atoms with Gasteiger partial charge >= 0.3 is 0 Å². The number of hydrogen-bond donors (Lipinski definition) is 2. The van der Waals surface area contributed by atoms with Gasteiger partial charge in [-0.05, 0) is 25.0 Å². The second-order valence-corrected chi connectivity index (χ2v) is 5.73. The van der Waals surface area contributed by atoms with Crippen LogP contribution >= 0.6 is 0 Å². The van der Waals surface area contributed by atoms with Crippen molar-refractivity contribution in [3.63, 3.8) is 0 Å². The molecular weight excluding hydrogens is 226 g/mol. The summed E-state index contributed by atoms with van der Waals surface area (Å²) in [5.74, 6) is 0. The molecule has 5 heteroatoms. The Labute approximate surface area is 96.4 Å². The highest BCUT2D eigenvalue weighted by molar-refractivity contribution is 7.88. The quantitative estimate of drug-likeness (QED) is 0.839. The zero-order chi connectivity index (χ0) is 12.3. The first-order valence-electron chi connectivity index (χ1n) is 5.05. The fraction of sp³-hybridized carbons (Fsp3) is 0.455. The first-order chi connectivity index (χ1) is 7.29. The van der Waals surface area contributed by atoms with Gasteiger partial charge in [-0.2, -0.15) is 0 Å². The highest BCUT2D eigenvalue weighted by Crippen LogP contribution is 2.17. The summed E-state index contributed by atoms with van der Waals surface area (Å²) in [7, 11) is -3.20. The van der Waals surface area contributed by atoms with Crippen molar-refractivity contribution in [2.45, 2.75) is 26.0 Å². The number of sulfonamides is 1. The van der Waals surface area contributed by atoms with Crippen molar-refractivity contribution in [2.24, 2.45) is 0 Å². The molecule has 2 N–H and O–H groups in total. The fourth-order valence-electron chi connectivity index (χ4n) is 1.45. The maximum absolute atomic E-state index is 11.0. The molecule has 4 nitrogen and oxygen atoms in total. The second kappa shape index (κ2) is 4.95. The largest absolute Gasteiger partial charge is 0.389 e. The van der Waals surface area contributed by atoms with Gasteiger partial charge in [0.05, 0.1) is 12.4 Å². The summed E-state index contributed by atoms with van der Waals surface area (Å²) in [6.45, 7) is 3.46. The van der Waals surface area contributed by atoms with Gasteiger partial charge in [-0.1, -0.05) is 24.3 Å². The maximum atomic E-state index is 11.0. The van der Waals surface area contributed by atoms with E-state index in [1.54, 1.807) is 26.0 Å². The van der Waals surface area contributed by atoms with Gasteiger partial charge < -0.3 is 5.11 Å². The lowest BCUT2D eigenvalue weighted by atomic mass is 10.0. The van der Waals surface area contributed by atoms with E-state index >= 15 is 0 Å². The summed E-state index contributed by atoms with van der Waals surface area (Å²) in [5.41, 5.74) is 1.69. The maximum Gasteiger partial charge on any atom is 0.209 e. The van der Waals surface area contributed by atoms with Gasteiger partial charge in [0.25, 0.3) is 0 Å². The molecule has 0 amide bonds. The summed E-state index contributed by atoms with van der Waals surface area (Å²) >= 11 is 0. The smallest absolute Gasteiger partial charge is 0.209 e. The Morgan fingerprint density at radius 2 is 1.56 bits per heavy atom. The number of rotatable bonds is 4. The number of hydrogen-bond acceptors (Lipinski definition) is 3. The van der Waals surface area contributed by atoms with E-state index < -0.39 is 16.1 Å². The molecule has 90 valence electrons. The lowest BCUT2D eigenvalue weighted by molar-refractivity contribution is 0.199. The van der Waals surface area contributed by atoms with E-state index in [-0.39, 0.29) is 6.04 Å². The van der Waals surface area contributed by atoms with Crippen LogP contribution in [-0.2, 0) is 10.0 Å². The molecule has 0 fully saturated rings. The molecule has 0 aromatic heterocycles. The zero-order valence-electron chi connectivity index (χ0n) is 9.64. The minimum Gasteiger partial charge on any atom is -0.389 e. The topological polar surface area (TPSA) is 66.4 Å². The van der Waals surface area contributed by atoms with Crippen LogP contribution in [0.5, 0.6) is 0 Å². The molecule has 0 aliphatic carbocycles. The predicted molar refractivity (Wildman–Crippen MR) is 63.5 cm³/mol. The standard InChI is InChI=1S/C11H17NO3S/c1-8(12-16(3,14)15)10-4-6-11(7-5-10)9(2)13/h4-9,12-13H,1-3H3/t8-,9-/m1/s1. The monoisotopic (exact) mass is 243 g/mol. The SMILES string of the molecule is C[C@@H](O)c1ccc([C@@H](C)NS(C)(=O)=O)cc1. The van der Waals surface area contributed by atoms with Crippen molar-refractivity contribution < 1.29 is 13.5 Å². The normalized spacial score (nSPS) is 15.8. The molecule has 0 aliphatic rings. The minimum atomic E-state index is -3.20. The predicted octanol–water partition coefficient (Wildman–Crippen LogP) is 1.35. The van der Waals surface area contributed by atoms with E-state index in [9.17, 15) is 13.5 Å². The third kappa shape index (κ3) is 3.92. The Bertz CT molecular complexity index is 437. The van der Waals surface area contributed by atoms with Gasteiger partial charge in [0.2, 0.25) is 10.0 Å². The molecule has 16 heavy (non-hydrogen) atoms. The zero-order valence-corrected chi connectivity index (χ0v) is 10.5. The molecule has 1 aromatic carbocycles. The van der Waals surface area contributed by atoms with E-state index in [1.165, 1.54) is 0 Å². The summed E-state index contributed by atoms with van der Waals surface area (Å²) in [6, 6.07) is 6.94. The van der Waals surface area contributed by atoms with E-state index in [4.69, 9.17) is 0 Å². The van der Waals surface area contributed by atoms with Gasteiger partial charge in [0.15, 0.2) is 0 Å². The molecule has 1 rings (SSSR count). The first kappa shape index (κ1) is 13.2. The van der Waals surface area contributed by atoms with Crippen molar-refractivity contribution >= 4 is 10.0 Å². The number of aliphatic hydroxyl groups is 1. The van der Waals surface area contributed by atoms with E-state index in [0.717, 1.165) is 17.4 Å². The van der Waals surface area contributed by atoms with Crippen LogP contribution in [0.2, 0.25) is 0 Å². The van der Waals surface area contributed by atoms with E-state index in [2.05, 4.69) is 4.72 Å². The average molecular weight is 243 g/mol. The Hall–Kier alpha value is -0.910. The van der Waals surface area contributed by atoms with Crippen LogP contribution < -0.4 is 4.72 Å². The van der Waals surface area contributed by atoms with Crippen molar-refractivity contribution in [1.82, 2.24) is 4.72 Å². The molecule has 0 saturated heterocycles. The summed E-state index contributed by atoms with van der Waals surface area (Å²) in [5, 5.41) is 9.33. The van der Waals surface area contributed by atoms with Crippen molar-refractivity contribution in [2.75, 3.05) is 6.26 Å². The average Bonchev–Trinajstić information content (AvgIpc) is 2.15. The van der Waals surface area contributed by atoms with Gasteiger partial charge in [0, 0.05) is 6.04 Å². The third-order valence-electron chi connectivity index (χ3n) is 2.31. The third-order valence-corrected chi connectivity index (χ3v) is 3.09. The van der Waals surface area contributed by atoms with Crippen LogP contribution in [0.15, 0.2) is 24.3 Å². The molecule has 0 aliphatic heterocycles. The Morgan fingerprint density at radius 3 is 1.94 bits per heavy atom. The van der Waals surface area contributed by atoms with Crippen LogP contribution in [0.25, 0.3) is 0 Å². The van der Waals surface area contributed by atoms with Gasteiger partial charge in [-0.3, -0.25) is 0 Å². The minimum absolute atomic E-state index is 0.266. The van der Waals surface area contributed by atoms with Crippen LogP contribution in [0.1, 0.15) is 37.1 Å². The van der Waals surface area contributed by atoms with Crippen molar-refractivity contribution in [3.8, 4) is 0 Å². The second-order valence-electron chi connectivity index (χ2n) is 3.95. The molecule has 0 heterocycles. The summed E-state index contributed by atoms with van der Waals surface area (Å²) in [6.07, 6.45) is 0.625. The highest BCUT2D eigenvalue weighted by atomic mass is 32.2. The van der Waals surface area contributed by atoms with E-state index in [0.29, 0.717) is 0 Å². The van der Waals surface area contributed by atoms with Gasteiger partial charge in [-0.25, -0.2) is 13.1 Å². The number of nitrogens with one attached hydrogen (secondary N) is 1. The molecule has 0 unspecified atom stereocenters. The Kier molecular flexibility index (Phi) is 4.07. The fourth-order valence-corrected chi connectivity index (χ4v) is 2.23. The number of benzene rings is 1. The van der Waals surface area contributed by atoms with Crippen LogP contribution in [0, 0.1) is 0 Å². The highest BCUT2D eigenvalue weighted by Gasteiger charge is 2.10. The lowest BCUT2D eigenvalue weighted by Crippen LogP contribution is -2.25. The molecule has 0 saturated carbocycles. The van der Waals surface area contributed by atoms with Crippen LogP contribution in [0.4, 0.5) is 0 Å². The molecule has 2 atom stereocenters. The first-order valence-corrected chi connectivity index (χ1v) is 6.94. The van der Waals surface area contributed by atoms with Crippen LogP contribution in [0.3, 0.4) is 0 Å². The summed E-state index contributed by atoms with van der Waals surface area (Å²) < 4.78 is 24.6. The van der Waals surface area contributed by atoms with E-state index in [1.807, 2.05) is 12.1 Å². The van der Waals surface area contributed by atoms with Crippen molar-refractivity contribution in [3.05, 3.63) is 35.4 Å². The van der Waals surface area contributed by atoms with Gasteiger partial charge in [-0.15, -0.1) is 0 Å². The Morgan fingerprint density at radius 1 is 1.12 bits per heavy atom.